The fraction of sp³-hybridized carbons (Fsp3) is 0.267. The summed E-state index contributed by atoms with van der Waals surface area (Å²) in [6.07, 6.45) is 0.869. The van der Waals surface area contributed by atoms with Gasteiger partial charge in [0.15, 0.2) is 0 Å². The average Bonchev–Trinajstić information content (AvgIpc) is 2.68. The zero-order valence-corrected chi connectivity index (χ0v) is 11.9. The van der Waals surface area contributed by atoms with Crippen LogP contribution < -0.4 is 0 Å². The van der Waals surface area contributed by atoms with E-state index in [1.54, 1.807) is 4.90 Å². The first kappa shape index (κ1) is 12.4. The van der Waals surface area contributed by atoms with Gasteiger partial charge in [0.25, 0.3) is 5.91 Å². The molecular weight excluding hydrogens is 256 g/mol. The Morgan fingerprint density at radius 1 is 1.21 bits per heavy atom. The molecular formula is C15H16N2OS. The van der Waals surface area contributed by atoms with E-state index in [1.807, 2.05) is 32.2 Å². The van der Waals surface area contributed by atoms with Crippen molar-refractivity contribution < 1.29 is 4.79 Å². The number of hydrogen-bond donors (Lipinski definition) is 1. The van der Waals surface area contributed by atoms with Crippen molar-refractivity contribution in [2.24, 2.45) is 0 Å². The second kappa shape index (κ2) is 4.46. The minimum absolute atomic E-state index is 0.0732. The molecule has 0 bridgehead atoms. The predicted octanol–water partition coefficient (Wildman–Crippen LogP) is 2.70. The van der Waals surface area contributed by atoms with Crippen LogP contribution in [0.3, 0.4) is 0 Å². The minimum atomic E-state index is 0.0732. The summed E-state index contributed by atoms with van der Waals surface area (Å²) in [7, 11) is 1.84. The van der Waals surface area contributed by atoms with E-state index in [9.17, 15) is 4.79 Å². The van der Waals surface area contributed by atoms with Crippen LogP contribution in [0.1, 0.15) is 21.7 Å². The number of benzene rings is 1. The van der Waals surface area contributed by atoms with Crippen LogP contribution in [0.15, 0.2) is 35.2 Å². The summed E-state index contributed by atoms with van der Waals surface area (Å²) < 4.78 is 2.16. The Morgan fingerprint density at radius 3 is 2.58 bits per heavy atom. The van der Waals surface area contributed by atoms with Gasteiger partial charge in [0.1, 0.15) is 0 Å². The van der Waals surface area contributed by atoms with Crippen LogP contribution in [0, 0.1) is 6.92 Å². The maximum Gasteiger partial charge on any atom is 0.256 e. The summed E-state index contributed by atoms with van der Waals surface area (Å²) in [4.78, 5) is 14.9. The zero-order chi connectivity index (χ0) is 13.6. The molecule has 0 aliphatic carbocycles. The van der Waals surface area contributed by atoms with E-state index in [-0.39, 0.29) is 5.91 Å². The number of fused-ring (bicyclic) bond motifs is 1. The van der Waals surface area contributed by atoms with E-state index in [1.165, 1.54) is 0 Å². The highest BCUT2D eigenvalue weighted by molar-refractivity contribution is 7.80. The van der Waals surface area contributed by atoms with Crippen molar-refractivity contribution in [3.8, 4) is 5.69 Å². The summed E-state index contributed by atoms with van der Waals surface area (Å²) in [5.41, 5.74) is 3.97. The molecule has 0 saturated heterocycles. The second-order valence-corrected chi connectivity index (χ2v) is 5.35. The van der Waals surface area contributed by atoms with Crippen LogP contribution in [-0.2, 0) is 6.42 Å². The lowest BCUT2D eigenvalue weighted by molar-refractivity contribution is 0.0776. The molecule has 1 aromatic carbocycles. The third-order valence-electron chi connectivity index (χ3n) is 3.73. The molecule has 1 amide bonds. The predicted molar refractivity (Wildman–Crippen MR) is 78.4 cm³/mol. The molecule has 2 aromatic rings. The van der Waals surface area contributed by atoms with E-state index in [2.05, 4.69) is 29.3 Å². The van der Waals surface area contributed by atoms with Gasteiger partial charge in [-0.15, -0.1) is 12.6 Å². The summed E-state index contributed by atoms with van der Waals surface area (Å²) in [6, 6.07) is 10.1. The van der Waals surface area contributed by atoms with Gasteiger partial charge in [-0.25, -0.2) is 0 Å². The molecule has 3 rings (SSSR count). The maximum atomic E-state index is 12.3. The van der Waals surface area contributed by atoms with Gasteiger partial charge in [-0.2, -0.15) is 0 Å². The molecule has 4 heteroatoms. The Morgan fingerprint density at radius 2 is 1.89 bits per heavy atom. The lowest BCUT2D eigenvalue weighted by Gasteiger charge is -2.24. The SMILES string of the molecule is Cc1c(S)c2c(n1-c1ccccc1)CCN(C)C2=O. The summed E-state index contributed by atoms with van der Waals surface area (Å²) in [6.45, 7) is 2.77. The molecule has 1 aliphatic rings. The van der Waals surface area contributed by atoms with Crippen molar-refractivity contribution in [1.82, 2.24) is 9.47 Å². The molecule has 2 heterocycles. The third-order valence-corrected chi connectivity index (χ3v) is 4.28. The van der Waals surface area contributed by atoms with Crippen LogP contribution in [0.5, 0.6) is 0 Å². The lowest BCUT2D eigenvalue weighted by Crippen LogP contribution is -2.34. The number of carbonyl (C=O) groups is 1. The van der Waals surface area contributed by atoms with Gasteiger partial charge in [-0.1, -0.05) is 18.2 Å². The van der Waals surface area contributed by atoms with Crippen LogP contribution in [0.2, 0.25) is 0 Å². The number of amides is 1. The molecule has 1 aromatic heterocycles. The quantitative estimate of drug-likeness (QED) is 0.793. The average molecular weight is 272 g/mol. The number of nitrogens with zero attached hydrogens (tertiary/aromatic N) is 2. The number of aromatic nitrogens is 1. The second-order valence-electron chi connectivity index (χ2n) is 4.90. The Labute approximate surface area is 118 Å². The molecule has 1 aliphatic heterocycles. The Balaban J connectivity index is 2.26. The highest BCUT2D eigenvalue weighted by Crippen LogP contribution is 2.32. The van der Waals surface area contributed by atoms with Crippen LogP contribution in [-0.4, -0.2) is 29.0 Å². The number of para-hydroxylation sites is 1. The Hall–Kier alpha value is -1.68. The number of hydrogen-bond acceptors (Lipinski definition) is 2. The van der Waals surface area contributed by atoms with Gasteiger partial charge in [-0.05, 0) is 19.1 Å². The van der Waals surface area contributed by atoms with Crippen LogP contribution in [0.25, 0.3) is 5.69 Å². The van der Waals surface area contributed by atoms with E-state index in [0.29, 0.717) is 0 Å². The monoisotopic (exact) mass is 272 g/mol. The molecule has 0 atom stereocenters. The van der Waals surface area contributed by atoms with Crippen LogP contribution >= 0.6 is 12.6 Å². The van der Waals surface area contributed by atoms with E-state index >= 15 is 0 Å². The van der Waals surface area contributed by atoms with Crippen molar-refractivity contribution in [3.05, 3.63) is 47.3 Å². The zero-order valence-electron chi connectivity index (χ0n) is 11.1. The van der Waals surface area contributed by atoms with Crippen molar-refractivity contribution in [2.45, 2.75) is 18.2 Å². The van der Waals surface area contributed by atoms with Crippen molar-refractivity contribution in [1.29, 1.82) is 0 Å². The normalized spacial score (nSPS) is 14.7. The number of rotatable bonds is 1. The molecule has 0 spiro atoms. The number of likely N-dealkylation sites (N-methyl/N-ethyl adjacent to an activating group) is 1. The summed E-state index contributed by atoms with van der Waals surface area (Å²) >= 11 is 4.55. The van der Waals surface area contributed by atoms with Gasteiger partial charge in [0.2, 0.25) is 0 Å². The van der Waals surface area contributed by atoms with Gasteiger partial charge < -0.3 is 9.47 Å². The Bertz CT molecular complexity index is 646. The van der Waals surface area contributed by atoms with Gasteiger partial charge in [0.05, 0.1) is 5.56 Å². The van der Waals surface area contributed by atoms with E-state index in [4.69, 9.17) is 0 Å². The van der Waals surface area contributed by atoms with Gasteiger partial charge in [-0.3, -0.25) is 4.79 Å². The van der Waals surface area contributed by atoms with E-state index in [0.717, 1.165) is 40.5 Å². The van der Waals surface area contributed by atoms with E-state index < -0.39 is 0 Å². The number of thiol groups is 1. The van der Waals surface area contributed by atoms with Gasteiger partial charge in [0, 0.05) is 42.0 Å². The summed E-state index contributed by atoms with van der Waals surface area (Å²) in [5.74, 6) is 0.0732. The summed E-state index contributed by atoms with van der Waals surface area (Å²) in [5, 5.41) is 0. The highest BCUT2D eigenvalue weighted by Gasteiger charge is 2.30. The molecule has 0 saturated carbocycles. The molecule has 0 fully saturated rings. The first-order valence-corrected chi connectivity index (χ1v) is 6.80. The lowest BCUT2D eigenvalue weighted by atomic mass is 10.1. The maximum absolute atomic E-state index is 12.3. The molecule has 0 N–H and O–H groups in total. The first-order chi connectivity index (χ1) is 9.11. The third kappa shape index (κ3) is 1.78. The smallest absolute Gasteiger partial charge is 0.256 e. The van der Waals surface area contributed by atoms with Crippen LogP contribution in [0.4, 0.5) is 0 Å². The molecule has 98 valence electrons. The van der Waals surface area contributed by atoms with Crippen molar-refractivity contribution >= 4 is 18.5 Å². The Kier molecular flexibility index (Phi) is 2.90. The fourth-order valence-electron chi connectivity index (χ4n) is 2.69. The first-order valence-electron chi connectivity index (χ1n) is 6.35. The van der Waals surface area contributed by atoms with Crippen molar-refractivity contribution in [3.63, 3.8) is 0 Å². The largest absolute Gasteiger partial charge is 0.341 e. The highest BCUT2D eigenvalue weighted by atomic mass is 32.1. The fourth-order valence-corrected chi connectivity index (χ4v) is 3.02. The molecule has 19 heavy (non-hydrogen) atoms. The molecule has 0 radical (unpaired) electrons. The topological polar surface area (TPSA) is 25.2 Å². The molecule has 0 unspecified atom stereocenters. The minimum Gasteiger partial charge on any atom is -0.341 e. The van der Waals surface area contributed by atoms with Gasteiger partial charge >= 0.3 is 0 Å². The van der Waals surface area contributed by atoms with Crippen molar-refractivity contribution in [2.75, 3.05) is 13.6 Å². The number of carbonyl (C=O) groups excluding carboxylic acids is 1. The molecule has 3 nitrogen and oxygen atoms in total. The standard InChI is InChI=1S/C15H16N2OS/c1-10-14(19)13-12(8-9-16(2)15(13)18)17(10)11-6-4-3-5-7-11/h3-7,19H,8-9H2,1-2H3.